The summed E-state index contributed by atoms with van der Waals surface area (Å²) in [5.41, 5.74) is 0.0263. The summed E-state index contributed by atoms with van der Waals surface area (Å²) < 4.78 is 0. The number of rotatable bonds is 3. The van der Waals surface area contributed by atoms with Gasteiger partial charge in [0.05, 0.1) is 12.1 Å². The Morgan fingerprint density at radius 2 is 1.88 bits per heavy atom. The SMILES string of the molecule is OCC1(NC2CCCCC2)CCN2CCCC21. The number of aliphatic hydroxyl groups is 1. The Labute approximate surface area is 105 Å². The molecular weight excluding hydrogens is 212 g/mol. The van der Waals surface area contributed by atoms with Crippen molar-refractivity contribution in [2.24, 2.45) is 0 Å². The first-order valence-corrected chi connectivity index (χ1v) is 7.47. The Bertz CT molecular complexity index is 265. The molecule has 98 valence electrons. The molecule has 0 aromatic heterocycles. The van der Waals surface area contributed by atoms with Crippen molar-refractivity contribution in [3.05, 3.63) is 0 Å². The van der Waals surface area contributed by atoms with E-state index in [0.29, 0.717) is 18.7 Å². The Morgan fingerprint density at radius 1 is 1.06 bits per heavy atom. The van der Waals surface area contributed by atoms with E-state index in [9.17, 15) is 5.11 Å². The van der Waals surface area contributed by atoms with Crippen molar-refractivity contribution in [2.45, 2.75) is 69.0 Å². The van der Waals surface area contributed by atoms with Crippen molar-refractivity contribution < 1.29 is 5.11 Å². The van der Waals surface area contributed by atoms with E-state index < -0.39 is 0 Å². The Kier molecular flexibility index (Phi) is 3.42. The molecular formula is C14H26N2O. The highest BCUT2D eigenvalue weighted by Gasteiger charge is 2.49. The summed E-state index contributed by atoms with van der Waals surface area (Å²) in [6.07, 6.45) is 10.5. The lowest BCUT2D eigenvalue weighted by atomic mass is 9.86. The monoisotopic (exact) mass is 238 g/mol. The van der Waals surface area contributed by atoms with E-state index in [0.717, 1.165) is 6.42 Å². The lowest BCUT2D eigenvalue weighted by Crippen LogP contribution is -2.59. The first-order valence-electron chi connectivity index (χ1n) is 7.47. The van der Waals surface area contributed by atoms with E-state index in [1.165, 1.54) is 58.0 Å². The predicted octanol–water partition coefficient (Wildman–Crippen LogP) is 1.51. The highest BCUT2D eigenvalue weighted by molar-refractivity contribution is 5.08. The zero-order chi connectivity index (χ0) is 11.7. The Morgan fingerprint density at radius 3 is 2.65 bits per heavy atom. The van der Waals surface area contributed by atoms with Crippen LogP contribution in [0.4, 0.5) is 0 Å². The molecule has 3 rings (SSSR count). The van der Waals surface area contributed by atoms with Gasteiger partial charge in [-0.3, -0.25) is 4.90 Å². The first kappa shape index (κ1) is 11.9. The number of fused-ring (bicyclic) bond motifs is 1. The highest BCUT2D eigenvalue weighted by atomic mass is 16.3. The standard InChI is InChI=1S/C14H26N2O/c17-11-14(15-12-5-2-1-3-6-12)8-10-16-9-4-7-13(14)16/h12-13,15,17H,1-11H2. The van der Waals surface area contributed by atoms with Crippen LogP contribution in [0.15, 0.2) is 0 Å². The van der Waals surface area contributed by atoms with Crippen molar-refractivity contribution in [1.29, 1.82) is 0 Å². The van der Waals surface area contributed by atoms with Crippen LogP contribution in [0.3, 0.4) is 0 Å². The second-order valence-corrected chi connectivity index (χ2v) is 6.24. The van der Waals surface area contributed by atoms with E-state index in [1.807, 2.05) is 0 Å². The second-order valence-electron chi connectivity index (χ2n) is 6.24. The maximum absolute atomic E-state index is 9.91. The minimum absolute atomic E-state index is 0.0263. The molecule has 0 aromatic rings. The molecule has 2 aliphatic heterocycles. The zero-order valence-corrected chi connectivity index (χ0v) is 10.8. The van der Waals surface area contributed by atoms with Gasteiger partial charge in [-0.1, -0.05) is 19.3 Å². The molecule has 2 saturated heterocycles. The van der Waals surface area contributed by atoms with Crippen molar-refractivity contribution >= 4 is 0 Å². The third-order valence-corrected chi connectivity index (χ3v) is 5.23. The van der Waals surface area contributed by atoms with Crippen LogP contribution >= 0.6 is 0 Å². The first-order chi connectivity index (χ1) is 8.34. The summed E-state index contributed by atoms with van der Waals surface area (Å²) in [5.74, 6) is 0. The minimum Gasteiger partial charge on any atom is -0.394 e. The van der Waals surface area contributed by atoms with Gasteiger partial charge in [-0.25, -0.2) is 0 Å². The molecule has 0 bridgehead atoms. The van der Waals surface area contributed by atoms with Gasteiger partial charge >= 0.3 is 0 Å². The van der Waals surface area contributed by atoms with E-state index in [4.69, 9.17) is 0 Å². The molecule has 0 amide bonds. The van der Waals surface area contributed by atoms with Gasteiger partial charge in [0.25, 0.3) is 0 Å². The molecule has 2 heterocycles. The minimum atomic E-state index is 0.0263. The largest absolute Gasteiger partial charge is 0.394 e. The van der Waals surface area contributed by atoms with Crippen LogP contribution in [0, 0.1) is 0 Å². The maximum Gasteiger partial charge on any atom is 0.0629 e. The summed E-state index contributed by atoms with van der Waals surface area (Å²) in [5, 5.41) is 13.8. The summed E-state index contributed by atoms with van der Waals surface area (Å²) in [6, 6.07) is 1.27. The van der Waals surface area contributed by atoms with E-state index in [1.54, 1.807) is 0 Å². The molecule has 17 heavy (non-hydrogen) atoms. The fraction of sp³-hybridized carbons (Fsp3) is 1.00. The van der Waals surface area contributed by atoms with Gasteiger partial charge in [-0.05, 0) is 38.6 Å². The molecule has 1 saturated carbocycles. The van der Waals surface area contributed by atoms with Gasteiger partial charge in [0, 0.05) is 18.6 Å². The number of nitrogens with zero attached hydrogens (tertiary/aromatic N) is 1. The van der Waals surface area contributed by atoms with Crippen molar-refractivity contribution in [2.75, 3.05) is 19.7 Å². The van der Waals surface area contributed by atoms with Gasteiger partial charge in [0.2, 0.25) is 0 Å². The van der Waals surface area contributed by atoms with E-state index in [-0.39, 0.29) is 5.54 Å². The molecule has 2 N–H and O–H groups in total. The quantitative estimate of drug-likeness (QED) is 0.782. The molecule has 1 aliphatic carbocycles. The lowest BCUT2D eigenvalue weighted by Gasteiger charge is -2.39. The summed E-state index contributed by atoms with van der Waals surface area (Å²) in [6.45, 7) is 2.76. The lowest BCUT2D eigenvalue weighted by molar-refractivity contribution is 0.107. The van der Waals surface area contributed by atoms with Crippen LogP contribution in [0.5, 0.6) is 0 Å². The van der Waals surface area contributed by atoms with Crippen LogP contribution in [0.25, 0.3) is 0 Å². The number of nitrogens with one attached hydrogen (secondary N) is 1. The molecule has 3 nitrogen and oxygen atoms in total. The van der Waals surface area contributed by atoms with Crippen LogP contribution < -0.4 is 5.32 Å². The number of hydrogen-bond acceptors (Lipinski definition) is 3. The van der Waals surface area contributed by atoms with Gasteiger partial charge in [0.1, 0.15) is 0 Å². The van der Waals surface area contributed by atoms with Crippen LogP contribution in [0.1, 0.15) is 51.4 Å². The smallest absolute Gasteiger partial charge is 0.0629 e. The normalized spacial score (nSPS) is 39.7. The average Bonchev–Trinajstić information content (AvgIpc) is 2.95. The Hall–Kier alpha value is -0.120. The maximum atomic E-state index is 9.91. The van der Waals surface area contributed by atoms with Crippen LogP contribution in [-0.2, 0) is 0 Å². The van der Waals surface area contributed by atoms with Crippen LogP contribution in [0.2, 0.25) is 0 Å². The fourth-order valence-electron chi connectivity index (χ4n) is 4.28. The predicted molar refractivity (Wildman–Crippen MR) is 69.0 cm³/mol. The topological polar surface area (TPSA) is 35.5 Å². The van der Waals surface area contributed by atoms with E-state index in [2.05, 4.69) is 10.2 Å². The molecule has 3 heteroatoms. The van der Waals surface area contributed by atoms with Crippen LogP contribution in [-0.4, -0.2) is 47.3 Å². The van der Waals surface area contributed by atoms with Gasteiger partial charge < -0.3 is 10.4 Å². The summed E-state index contributed by atoms with van der Waals surface area (Å²) in [4.78, 5) is 2.59. The molecule has 2 atom stereocenters. The highest BCUT2D eigenvalue weighted by Crippen LogP contribution is 2.37. The average molecular weight is 238 g/mol. The fourth-order valence-corrected chi connectivity index (χ4v) is 4.28. The molecule has 3 aliphatic rings. The molecule has 2 unspecified atom stereocenters. The van der Waals surface area contributed by atoms with Gasteiger partial charge in [-0.2, -0.15) is 0 Å². The molecule has 0 aromatic carbocycles. The third-order valence-electron chi connectivity index (χ3n) is 5.23. The summed E-state index contributed by atoms with van der Waals surface area (Å²) >= 11 is 0. The summed E-state index contributed by atoms with van der Waals surface area (Å²) in [7, 11) is 0. The van der Waals surface area contributed by atoms with E-state index >= 15 is 0 Å². The third kappa shape index (κ3) is 2.13. The zero-order valence-electron chi connectivity index (χ0n) is 10.8. The van der Waals surface area contributed by atoms with Gasteiger partial charge in [0.15, 0.2) is 0 Å². The van der Waals surface area contributed by atoms with Crippen molar-refractivity contribution in [3.63, 3.8) is 0 Å². The van der Waals surface area contributed by atoms with Crippen molar-refractivity contribution in [1.82, 2.24) is 10.2 Å². The second kappa shape index (κ2) is 4.87. The van der Waals surface area contributed by atoms with Gasteiger partial charge in [-0.15, -0.1) is 0 Å². The number of hydrogen-bond donors (Lipinski definition) is 2. The molecule has 3 fully saturated rings. The Balaban J connectivity index is 1.68. The molecule has 0 spiro atoms. The number of aliphatic hydroxyl groups excluding tert-OH is 1. The van der Waals surface area contributed by atoms with Crippen molar-refractivity contribution in [3.8, 4) is 0 Å². The molecule has 0 radical (unpaired) electrons.